The Morgan fingerprint density at radius 3 is 1.64 bits per heavy atom. The second-order valence-electron chi connectivity index (χ2n) is 11.4. The van der Waals surface area contributed by atoms with Gasteiger partial charge in [-0.25, -0.2) is 0 Å². The Labute approximate surface area is 243 Å². The Bertz CT molecular complexity index is 2260. The number of ketones is 1. The van der Waals surface area contributed by atoms with E-state index in [2.05, 4.69) is 78.9 Å². The van der Waals surface area contributed by atoms with Gasteiger partial charge in [0.25, 0.3) is 5.91 Å². The highest BCUT2D eigenvalue weighted by molar-refractivity contribution is 6.40. The van der Waals surface area contributed by atoms with Gasteiger partial charge >= 0.3 is 0 Å². The van der Waals surface area contributed by atoms with Gasteiger partial charge in [-0.3, -0.25) is 9.59 Å². The largest absolute Gasteiger partial charge is 0.305 e. The normalized spacial score (nSPS) is 16.6. The molecule has 200 valence electrons. The molecule has 6 aromatic rings. The smallest absolute Gasteiger partial charge is 0.251 e. The van der Waals surface area contributed by atoms with Crippen molar-refractivity contribution in [2.75, 3.05) is 0 Å². The van der Waals surface area contributed by atoms with E-state index in [0.29, 0.717) is 11.3 Å². The first kappa shape index (κ1) is 24.5. The maximum absolute atomic E-state index is 14.3. The van der Waals surface area contributed by atoms with Crippen LogP contribution in [0.25, 0.3) is 66.5 Å². The minimum absolute atomic E-state index is 0.0959. The molecule has 0 saturated heterocycles. The van der Waals surface area contributed by atoms with E-state index in [4.69, 9.17) is 0 Å². The van der Waals surface area contributed by atoms with E-state index in [0.717, 1.165) is 65.3 Å². The SMILES string of the molecule is CC(C)N1C(=O)C=Cc2ccc3ccc4ccccc4c3c2/C1=C1\C(=O)C=Cc2ccc3ccc4ccccc4c3c21. The summed E-state index contributed by atoms with van der Waals surface area (Å²) in [6, 6.07) is 33.4. The molecule has 0 unspecified atom stereocenters. The molecule has 0 saturated carbocycles. The van der Waals surface area contributed by atoms with Crippen molar-refractivity contribution in [1.82, 2.24) is 4.90 Å². The highest BCUT2D eigenvalue weighted by Gasteiger charge is 2.34. The molecule has 3 nitrogen and oxygen atoms in total. The molecular formula is C39H27NO2. The molecule has 0 aromatic heterocycles. The van der Waals surface area contributed by atoms with Gasteiger partial charge in [0.2, 0.25) is 0 Å². The lowest BCUT2D eigenvalue weighted by Gasteiger charge is -2.32. The number of benzene rings is 6. The van der Waals surface area contributed by atoms with Gasteiger partial charge in [-0.2, -0.15) is 0 Å². The zero-order valence-electron chi connectivity index (χ0n) is 23.4. The van der Waals surface area contributed by atoms with Gasteiger partial charge in [0, 0.05) is 23.2 Å². The third kappa shape index (κ3) is 3.47. The van der Waals surface area contributed by atoms with Crippen molar-refractivity contribution < 1.29 is 9.59 Å². The molecule has 2 aliphatic rings. The Kier molecular flexibility index (Phi) is 5.32. The molecule has 6 aromatic carbocycles. The molecular weight excluding hydrogens is 514 g/mol. The third-order valence-corrected chi connectivity index (χ3v) is 8.67. The summed E-state index contributed by atoms with van der Waals surface area (Å²) in [7, 11) is 0. The molecule has 1 amide bonds. The van der Waals surface area contributed by atoms with E-state index in [9.17, 15) is 9.59 Å². The number of fused-ring (bicyclic) bond motifs is 10. The molecule has 42 heavy (non-hydrogen) atoms. The van der Waals surface area contributed by atoms with Crippen LogP contribution in [0.2, 0.25) is 0 Å². The van der Waals surface area contributed by atoms with Crippen molar-refractivity contribution in [3.05, 3.63) is 131 Å². The predicted octanol–water partition coefficient (Wildman–Crippen LogP) is 9.03. The second-order valence-corrected chi connectivity index (χ2v) is 11.4. The lowest BCUT2D eigenvalue weighted by molar-refractivity contribution is -0.124. The highest BCUT2D eigenvalue weighted by atomic mass is 16.2. The summed E-state index contributed by atoms with van der Waals surface area (Å²) in [6.07, 6.45) is 7.13. The molecule has 1 heterocycles. The van der Waals surface area contributed by atoms with Crippen LogP contribution in [0.15, 0.2) is 109 Å². The van der Waals surface area contributed by atoms with Gasteiger partial charge in [0.05, 0.1) is 11.3 Å². The highest BCUT2D eigenvalue weighted by Crippen LogP contribution is 2.46. The minimum Gasteiger partial charge on any atom is -0.305 e. The Hall–Kier alpha value is -5.28. The summed E-state index contributed by atoms with van der Waals surface area (Å²) in [5, 5.41) is 8.62. The fourth-order valence-electron chi connectivity index (χ4n) is 6.87. The number of rotatable bonds is 1. The predicted molar refractivity (Wildman–Crippen MR) is 175 cm³/mol. The number of allylic oxidation sites excluding steroid dienone is 2. The summed E-state index contributed by atoms with van der Waals surface area (Å²) in [4.78, 5) is 30.1. The summed E-state index contributed by atoms with van der Waals surface area (Å²) in [5.41, 5.74) is 4.94. The van der Waals surface area contributed by atoms with Crippen molar-refractivity contribution in [2.45, 2.75) is 19.9 Å². The first-order valence-corrected chi connectivity index (χ1v) is 14.4. The van der Waals surface area contributed by atoms with Crippen LogP contribution in [0.5, 0.6) is 0 Å². The van der Waals surface area contributed by atoms with Gasteiger partial charge in [0.1, 0.15) is 0 Å². The Morgan fingerprint density at radius 2 is 1.02 bits per heavy atom. The first-order chi connectivity index (χ1) is 20.5. The third-order valence-electron chi connectivity index (χ3n) is 8.67. The summed E-state index contributed by atoms with van der Waals surface area (Å²) in [6.45, 7) is 4.03. The summed E-state index contributed by atoms with van der Waals surface area (Å²) >= 11 is 0. The van der Waals surface area contributed by atoms with E-state index >= 15 is 0 Å². The van der Waals surface area contributed by atoms with Crippen molar-refractivity contribution in [1.29, 1.82) is 0 Å². The summed E-state index contributed by atoms with van der Waals surface area (Å²) < 4.78 is 0. The van der Waals surface area contributed by atoms with Gasteiger partial charge in [-0.05, 0) is 80.2 Å². The van der Waals surface area contributed by atoms with Crippen molar-refractivity contribution in [2.24, 2.45) is 0 Å². The van der Waals surface area contributed by atoms with E-state index < -0.39 is 0 Å². The van der Waals surface area contributed by atoms with E-state index in [-0.39, 0.29) is 17.7 Å². The summed E-state index contributed by atoms with van der Waals surface area (Å²) in [5.74, 6) is -0.229. The first-order valence-electron chi connectivity index (χ1n) is 14.4. The molecule has 1 aliphatic carbocycles. The van der Waals surface area contributed by atoms with E-state index in [1.807, 2.05) is 49.1 Å². The topological polar surface area (TPSA) is 37.4 Å². The molecule has 0 spiro atoms. The zero-order chi connectivity index (χ0) is 28.5. The fourth-order valence-corrected chi connectivity index (χ4v) is 6.87. The molecule has 0 N–H and O–H groups in total. The van der Waals surface area contributed by atoms with Crippen LogP contribution in [-0.4, -0.2) is 22.6 Å². The van der Waals surface area contributed by atoms with Crippen LogP contribution < -0.4 is 0 Å². The van der Waals surface area contributed by atoms with Crippen molar-refractivity contribution in [3.63, 3.8) is 0 Å². The van der Waals surface area contributed by atoms with Gasteiger partial charge in [0.15, 0.2) is 5.78 Å². The van der Waals surface area contributed by atoms with E-state index in [1.54, 1.807) is 12.2 Å². The van der Waals surface area contributed by atoms with Crippen molar-refractivity contribution >= 4 is 78.2 Å². The zero-order valence-corrected chi connectivity index (χ0v) is 23.4. The maximum Gasteiger partial charge on any atom is 0.251 e. The van der Waals surface area contributed by atoms with Crippen LogP contribution in [0.3, 0.4) is 0 Å². The van der Waals surface area contributed by atoms with Crippen LogP contribution in [0.1, 0.15) is 36.1 Å². The number of hydrogen-bond donors (Lipinski definition) is 0. The second kappa shape index (κ2) is 9.12. The quantitative estimate of drug-likeness (QED) is 0.154. The number of carbonyl (C=O) groups is 2. The molecule has 0 atom stereocenters. The lowest BCUT2D eigenvalue weighted by atomic mass is 9.81. The van der Waals surface area contributed by atoms with Crippen LogP contribution in [-0.2, 0) is 9.59 Å². The Balaban J connectivity index is 1.64. The van der Waals surface area contributed by atoms with E-state index in [1.165, 1.54) is 0 Å². The van der Waals surface area contributed by atoms with Gasteiger partial charge < -0.3 is 4.90 Å². The average Bonchev–Trinajstić information content (AvgIpc) is 3.16. The number of amides is 1. The van der Waals surface area contributed by atoms with Gasteiger partial charge in [-0.1, -0.05) is 103 Å². The molecule has 0 bridgehead atoms. The minimum atomic E-state index is -0.185. The van der Waals surface area contributed by atoms with Gasteiger partial charge in [-0.15, -0.1) is 0 Å². The number of hydrogen-bond acceptors (Lipinski definition) is 2. The monoisotopic (exact) mass is 541 g/mol. The lowest BCUT2D eigenvalue weighted by Crippen LogP contribution is -2.35. The molecule has 8 rings (SSSR count). The standard InChI is InChI=1S/C39H27NO2/c1-23(2)40-33(42)22-20-29-18-16-27-14-12-25-8-4-6-10-31(25)35(27)37(29)39(40)38-32(41)21-19-28-17-15-26-13-11-24-7-3-5-9-30(24)34(26)36(28)38/h3-23H,1-2H3/b39-38-. The molecule has 0 fully saturated rings. The maximum atomic E-state index is 14.3. The number of carbonyl (C=O) groups excluding carboxylic acids is 2. The van der Waals surface area contributed by atoms with Crippen LogP contribution in [0, 0.1) is 0 Å². The molecule has 0 radical (unpaired) electrons. The Morgan fingerprint density at radius 1 is 0.524 bits per heavy atom. The van der Waals surface area contributed by atoms with Crippen LogP contribution in [0.4, 0.5) is 0 Å². The molecule has 1 aliphatic heterocycles. The van der Waals surface area contributed by atoms with Crippen LogP contribution >= 0.6 is 0 Å². The fraction of sp³-hybridized carbons (Fsp3) is 0.0769. The number of nitrogens with zero attached hydrogens (tertiary/aromatic N) is 1. The molecule has 3 heteroatoms. The van der Waals surface area contributed by atoms with Crippen molar-refractivity contribution in [3.8, 4) is 0 Å². The average molecular weight is 542 g/mol.